The molecule has 0 aromatic heterocycles. The van der Waals surface area contributed by atoms with Gasteiger partial charge in [0.05, 0.1) is 31.4 Å². The summed E-state index contributed by atoms with van der Waals surface area (Å²) in [6.45, 7) is 4.76. The third-order valence-corrected chi connectivity index (χ3v) is 3.26. The third-order valence-electron chi connectivity index (χ3n) is 2.98. The predicted octanol–water partition coefficient (Wildman–Crippen LogP) is 2.90. The van der Waals surface area contributed by atoms with Crippen molar-refractivity contribution in [3.8, 4) is 11.5 Å². The van der Waals surface area contributed by atoms with Gasteiger partial charge in [-0.3, -0.25) is 4.79 Å². The van der Waals surface area contributed by atoms with Crippen molar-refractivity contribution in [1.82, 2.24) is 5.32 Å². The minimum atomic E-state index is -0.220. The lowest BCUT2D eigenvalue weighted by molar-refractivity contribution is 0.0894. The summed E-state index contributed by atoms with van der Waals surface area (Å²) >= 11 is 6.16. The van der Waals surface area contributed by atoms with E-state index in [1.807, 2.05) is 13.8 Å². The highest BCUT2D eigenvalue weighted by atomic mass is 35.5. The van der Waals surface area contributed by atoms with Crippen molar-refractivity contribution in [2.75, 3.05) is 27.4 Å². The minimum Gasteiger partial charge on any atom is -0.493 e. The van der Waals surface area contributed by atoms with Gasteiger partial charge in [-0.05, 0) is 25.5 Å². The van der Waals surface area contributed by atoms with Crippen molar-refractivity contribution in [2.45, 2.75) is 26.3 Å². The Hall–Kier alpha value is -1.46. The Balaban J connectivity index is 2.97. The molecule has 0 fully saturated rings. The van der Waals surface area contributed by atoms with E-state index in [4.69, 9.17) is 25.8 Å². The molecule has 1 unspecified atom stereocenters. The predicted molar refractivity (Wildman–Crippen MR) is 82.6 cm³/mol. The highest BCUT2D eigenvalue weighted by Crippen LogP contribution is 2.36. The van der Waals surface area contributed by atoms with Crippen LogP contribution in [0, 0.1) is 0 Å². The second-order valence-corrected chi connectivity index (χ2v) is 4.86. The van der Waals surface area contributed by atoms with Gasteiger partial charge in [0.2, 0.25) is 0 Å². The van der Waals surface area contributed by atoms with Gasteiger partial charge in [0, 0.05) is 12.7 Å². The van der Waals surface area contributed by atoms with Gasteiger partial charge in [-0.15, -0.1) is 0 Å². The molecule has 1 atom stereocenters. The maximum absolute atomic E-state index is 12.3. The van der Waals surface area contributed by atoms with E-state index < -0.39 is 0 Å². The van der Waals surface area contributed by atoms with Crippen LogP contribution in [0.3, 0.4) is 0 Å². The van der Waals surface area contributed by atoms with E-state index in [9.17, 15) is 4.79 Å². The molecule has 0 saturated heterocycles. The van der Waals surface area contributed by atoms with E-state index in [1.165, 1.54) is 7.11 Å². The zero-order valence-corrected chi connectivity index (χ0v) is 13.6. The van der Waals surface area contributed by atoms with Crippen LogP contribution >= 0.6 is 11.6 Å². The molecule has 0 aliphatic carbocycles. The van der Waals surface area contributed by atoms with Crippen molar-refractivity contribution in [2.24, 2.45) is 0 Å². The first-order chi connectivity index (χ1) is 10.1. The molecular weight excluding hydrogens is 294 g/mol. The fraction of sp³-hybridized carbons (Fsp3) is 0.533. The van der Waals surface area contributed by atoms with Gasteiger partial charge < -0.3 is 19.5 Å². The Labute approximate surface area is 130 Å². The maximum Gasteiger partial charge on any atom is 0.251 e. The molecule has 0 aliphatic rings. The summed E-state index contributed by atoms with van der Waals surface area (Å²) in [5.74, 6) is 0.665. The Morgan fingerprint density at radius 1 is 1.33 bits per heavy atom. The zero-order valence-electron chi connectivity index (χ0n) is 12.9. The average molecular weight is 316 g/mol. The van der Waals surface area contributed by atoms with Crippen LogP contribution in [0.5, 0.6) is 11.5 Å². The highest BCUT2D eigenvalue weighted by Gasteiger charge is 2.17. The second kappa shape index (κ2) is 8.74. The van der Waals surface area contributed by atoms with Gasteiger partial charge in [-0.2, -0.15) is 0 Å². The molecule has 1 amide bonds. The van der Waals surface area contributed by atoms with Crippen LogP contribution in [0.1, 0.15) is 30.6 Å². The Bertz CT molecular complexity index is 479. The molecule has 0 aliphatic heterocycles. The van der Waals surface area contributed by atoms with Crippen molar-refractivity contribution in [3.05, 3.63) is 22.7 Å². The van der Waals surface area contributed by atoms with Crippen molar-refractivity contribution in [1.29, 1.82) is 0 Å². The van der Waals surface area contributed by atoms with E-state index in [0.29, 0.717) is 35.3 Å². The lowest BCUT2D eigenvalue weighted by atomic mass is 10.1. The number of halogens is 1. The number of methoxy groups -OCH3 is 2. The molecule has 118 valence electrons. The first-order valence-corrected chi connectivity index (χ1v) is 7.25. The molecule has 0 saturated carbocycles. The summed E-state index contributed by atoms with van der Waals surface area (Å²) in [5.41, 5.74) is 0.426. The summed E-state index contributed by atoms with van der Waals surface area (Å²) in [6.07, 6.45) is 0.779. The van der Waals surface area contributed by atoms with Crippen LogP contribution in [0.2, 0.25) is 5.02 Å². The fourth-order valence-corrected chi connectivity index (χ4v) is 2.13. The van der Waals surface area contributed by atoms with E-state index in [-0.39, 0.29) is 11.9 Å². The molecule has 21 heavy (non-hydrogen) atoms. The molecular formula is C15H22ClNO4. The van der Waals surface area contributed by atoms with Crippen LogP contribution in [-0.2, 0) is 4.74 Å². The molecule has 1 N–H and O–H groups in total. The molecule has 1 aromatic carbocycles. The van der Waals surface area contributed by atoms with Gasteiger partial charge in [0.15, 0.2) is 11.5 Å². The van der Waals surface area contributed by atoms with E-state index in [2.05, 4.69) is 5.32 Å². The fourth-order valence-electron chi connectivity index (χ4n) is 1.87. The molecule has 0 spiro atoms. The Kier molecular flexibility index (Phi) is 7.32. The highest BCUT2D eigenvalue weighted by molar-refractivity contribution is 6.32. The van der Waals surface area contributed by atoms with Crippen LogP contribution in [0.4, 0.5) is 0 Å². The monoisotopic (exact) mass is 315 g/mol. The average Bonchev–Trinajstić information content (AvgIpc) is 2.48. The number of hydrogen-bond acceptors (Lipinski definition) is 4. The molecule has 0 bridgehead atoms. The summed E-state index contributed by atoms with van der Waals surface area (Å²) < 4.78 is 15.7. The second-order valence-electron chi connectivity index (χ2n) is 4.46. The maximum atomic E-state index is 12.3. The Morgan fingerprint density at radius 2 is 2.05 bits per heavy atom. The number of benzene rings is 1. The first kappa shape index (κ1) is 17.6. The molecule has 0 radical (unpaired) electrons. The van der Waals surface area contributed by atoms with Gasteiger partial charge >= 0.3 is 0 Å². The van der Waals surface area contributed by atoms with E-state index in [0.717, 1.165) is 6.42 Å². The quantitative estimate of drug-likeness (QED) is 0.801. The lowest BCUT2D eigenvalue weighted by Crippen LogP contribution is -2.37. The zero-order chi connectivity index (χ0) is 15.8. The standard InChI is InChI=1S/C15H22ClNO4/c1-5-11(9-19-3)17-15(18)10-7-12(16)14(21-6-2)13(8-10)20-4/h7-8,11H,5-6,9H2,1-4H3,(H,17,18). The van der Waals surface area contributed by atoms with Crippen LogP contribution < -0.4 is 14.8 Å². The van der Waals surface area contributed by atoms with Gasteiger partial charge in [-0.1, -0.05) is 18.5 Å². The van der Waals surface area contributed by atoms with Gasteiger partial charge in [0.1, 0.15) is 0 Å². The smallest absolute Gasteiger partial charge is 0.251 e. The number of ether oxygens (including phenoxy) is 3. The summed E-state index contributed by atoms with van der Waals surface area (Å²) in [6, 6.07) is 3.15. The summed E-state index contributed by atoms with van der Waals surface area (Å²) in [4.78, 5) is 12.3. The molecule has 6 heteroatoms. The number of carbonyl (C=O) groups is 1. The van der Waals surface area contributed by atoms with E-state index in [1.54, 1.807) is 19.2 Å². The number of amides is 1. The molecule has 0 heterocycles. The van der Waals surface area contributed by atoms with Crippen LogP contribution in [-0.4, -0.2) is 39.4 Å². The topological polar surface area (TPSA) is 56.8 Å². The minimum absolute atomic E-state index is 0.0427. The summed E-state index contributed by atoms with van der Waals surface area (Å²) in [5, 5.41) is 3.24. The van der Waals surface area contributed by atoms with Crippen molar-refractivity contribution >= 4 is 17.5 Å². The number of hydrogen-bond donors (Lipinski definition) is 1. The van der Waals surface area contributed by atoms with Crippen molar-refractivity contribution < 1.29 is 19.0 Å². The molecule has 1 rings (SSSR count). The van der Waals surface area contributed by atoms with Crippen LogP contribution in [0.25, 0.3) is 0 Å². The number of rotatable bonds is 8. The van der Waals surface area contributed by atoms with Crippen LogP contribution in [0.15, 0.2) is 12.1 Å². The summed E-state index contributed by atoms with van der Waals surface area (Å²) in [7, 11) is 3.11. The lowest BCUT2D eigenvalue weighted by Gasteiger charge is -2.17. The molecule has 1 aromatic rings. The largest absolute Gasteiger partial charge is 0.493 e. The van der Waals surface area contributed by atoms with Gasteiger partial charge in [0.25, 0.3) is 5.91 Å². The number of carbonyl (C=O) groups excluding carboxylic acids is 1. The molecule has 5 nitrogen and oxygen atoms in total. The third kappa shape index (κ3) is 4.79. The van der Waals surface area contributed by atoms with Crippen molar-refractivity contribution in [3.63, 3.8) is 0 Å². The normalized spacial score (nSPS) is 11.9. The number of nitrogens with one attached hydrogen (secondary N) is 1. The van der Waals surface area contributed by atoms with E-state index >= 15 is 0 Å². The van der Waals surface area contributed by atoms with Gasteiger partial charge in [-0.25, -0.2) is 0 Å². The SMILES string of the molecule is CCOc1c(Cl)cc(C(=O)NC(CC)COC)cc1OC. The first-order valence-electron chi connectivity index (χ1n) is 6.87. The Morgan fingerprint density at radius 3 is 2.57 bits per heavy atom.